The van der Waals surface area contributed by atoms with E-state index < -0.39 is 5.79 Å². The molecule has 1 heterocycles. The van der Waals surface area contributed by atoms with Gasteiger partial charge in [0.05, 0.1) is 18.0 Å². The summed E-state index contributed by atoms with van der Waals surface area (Å²) >= 11 is 3.33. The Labute approximate surface area is 79.5 Å². The summed E-state index contributed by atoms with van der Waals surface area (Å²) in [5, 5.41) is 0. The first-order valence-corrected chi connectivity index (χ1v) is 5.08. The predicted octanol–water partition coefficient (Wildman–Crippen LogP) is 1.25. The van der Waals surface area contributed by atoms with Crippen LogP contribution >= 0.6 is 15.9 Å². The molecule has 0 aromatic rings. The molecule has 0 unspecified atom stereocenters. The highest BCUT2D eigenvalue weighted by molar-refractivity contribution is 9.10. The summed E-state index contributed by atoms with van der Waals surface area (Å²) in [5.41, 5.74) is 0. The highest BCUT2D eigenvalue weighted by Crippen LogP contribution is 2.36. The Bertz CT molecular complexity index is 198. The molecule has 68 valence electrons. The van der Waals surface area contributed by atoms with Crippen molar-refractivity contribution in [2.75, 3.05) is 13.2 Å². The minimum Gasteiger partial charge on any atom is -0.347 e. The molecular formula is C8H11BrO3. The van der Waals surface area contributed by atoms with Crippen LogP contribution in [0.5, 0.6) is 0 Å². The van der Waals surface area contributed by atoms with Crippen molar-refractivity contribution in [2.24, 2.45) is 0 Å². The number of Topliss-reactive ketones (excluding diaryl/α,β-unsaturated/α-hetero) is 1. The second kappa shape index (κ2) is 3.09. The van der Waals surface area contributed by atoms with Crippen molar-refractivity contribution < 1.29 is 14.3 Å². The lowest BCUT2D eigenvalue weighted by Gasteiger charge is -2.32. The Balaban J connectivity index is 2.05. The average Bonchev–Trinajstić information content (AvgIpc) is 2.47. The van der Waals surface area contributed by atoms with Crippen LogP contribution in [0.25, 0.3) is 0 Å². The molecule has 1 atom stereocenters. The minimum atomic E-state index is -0.442. The van der Waals surface area contributed by atoms with Crippen molar-refractivity contribution in [3.63, 3.8) is 0 Å². The normalized spacial score (nSPS) is 34.4. The van der Waals surface area contributed by atoms with Crippen LogP contribution in [0.1, 0.15) is 19.3 Å². The van der Waals surface area contributed by atoms with E-state index in [4.69, 9.17) is 9.47 Å². The molecule has 2 rings (SSSR count). The van der Waals surface area contributed by atoms with Crippen LogP contribution in [0.3, 0.4) is 0 Å². The first-order valence-electron chi connectivity index (χ1n) is 4.17. The van der Waals surface area contributed by atoms with Crippen molar-refractivity contribution in [2.45, 2.75) is 29.9 Å². The fourth-order valence-electron chi connectivity index (χ4n) is 1.72. The molecule has 1 saturated heterocycles. The molecule has 1 aliphatic heterocycles. The zero-order chi connectivity index (χ0) is 8.60. The van der Waals surface area contributed by atoms with Crippen LogP contribution in [0.15, 0.2) is 0 Å². The van der Waals surface area contributed by atoms with Crippen molar-refractivity contribution in [3.8, 4) is 0 Å². The first kappa shape index (κ1) is 8.66. The fourth-order valence-corrected chi connectivity index (χ4v) is 2.44. The molecule has 0 aromatic heterocycles. The molecule has 1 spiro atoms. The zero-order valence-corrected chi connectivity index (χ0v) is 8.30. The van der Waals surface area contributed by atoms with Gasteiger partial charge in [-0.1, -0.05) is 15.9 Å². The minimum absolute atomic E-state index is 0.0793. The number of rotatable bonds is 0. The van der Waals surface area contributed by atoms with Gasteiger partial charge in [0.1, 0.15) is 5.78 Å². The molecule has 0 aromatic carbocycles. The maximum atomic E-state index is 11.2. The first-order chi connectivity index (χ1) is 5.72. The van der Waals surface area contributed by atoms with Crippen LogP contribution in [0.2, 0.25) is 0 Å². The Hall–Kier alpha value is 0.0700. The molecule has 3 nitrogen and oxygen atoms in total. The molecule has 0 amide bonds. The predicted molar refractivity (Wildman–Crippen MR) is 46.2 cm³/mol. The van der Waals surface area contributed by atoms with E-state index in [0.717, 1.165) is 0 Å². The van der Waals surface area contributed by atoms with Crippen LogP contribution in [0.4, 0.5) is 0 Å². The van der Waals surface area contributed by atoms with E-state index in [1.54, 1.807) is 0 Å². The van der Waals surface area contributed by atoms with E-state index in [9.17, 15) is 4.79 Å². The van der Waals surface area contributed by atoms with E-state index >= 15 is 0 Å². The van der Waals surface area contributed by atoms with Gasteiger partial charge in [-0.3, -0.25) is 4.79 Å². The number of ketones is 1. The maximum absolute atomic E-state index is 11.2. The average molecular weight is 235 g/mol. The van der Waals surface area contributed by atoms with Gasteiger partial charge >= 0.3 is 0 Å². The van der Waals surface area contributed by atoms with E-state index in [0.29, 0.717) is 32.5 Å². The molecule has 12 heavy (non-hydrogen) atoms. The van der Waals surface area contributed by atoms with Gasteiger partial charge in [0, 0.05) is 19.3 Å². The Morgan fingerprint density at radius 1 is 1.42 bits per heavy atom. The highest BCUT2D eigenvalue weighted by atomic mass is 79.9. The second-order valence-corrected chi connectivity index (χ2v) is 4.35. The highest BCUT2D eigenvalue weighted by Gasteiger charge is 2.43. The summed E-state index contributed by atoms with van der Waals surface area (Å²) in [6.07, 6.45) is 1.94. The van der Waals surface area contributed by atoms with E-state index in [2.05, 4.69) is 15.9 Å². The van der Waals surface area contributed by atoms with Gasteiger partial charge in [0.2, 0.25) is 0 Å². The van der Waals surface area contributed by atoms with Crippen LogP contribution in [0, 0.1) is 0 Å². The van der Waals surface area contributed by atoms with Gasteiger partial charge in [0.25, 0.3) is 0 Å². The molecular weight excluding hydrogens is 224 g/mol. The van der Waals surface area contributed by atoms with Crippen molar-refractivity contribution >= 4 is 21.7 Å². The lowest BCUT2D eigenvalue weighted by atomic mass is 9.93. The zero-order valence-electron chi connectivity index (χ0n) is 6.72. The lowest BCUT2D eigenvalue weighted by Crippen LogP contribution is -2.40. The van der Waals surface area contributed by atoms with E-state index in [-0.39, 0.29) is 10.6 Å². The van der Waals surface area contributed by atoms with Crippen molar-refractivity contribution in [1.29, 1.82) is 0 Å². The third-order valence-electron chi connectivity index (χ3n) is 2.41. The topological polar surface area (TPSA) is 35.5 Å². The molecule has 2 aliphatic rings. The summed E-state index contributed by atoms with van der Waals surface area (Å²) in [4.78, 5) is 11.1. The van der Waals surface area contributed by atoms with Gasteiger partial charge in [-0.2, -0.15) is 0 Å². The van der Waals surface area contributed by atoms with Crippen molar-refractivity contribution in [3.05, 3.63) is 0 Å². The summed E-state index contributed by atoms with van der Waals surface area (Å²) in [6, 6.07) is 0. The van der Waals surface area contributed by atoms with E-state index in [1.165, 1.54) is 0 Å². The molecule has 1 saturated carbocycles. The fraction of sp³-hybridized carbons (Fsp3) is 0.875. The Kier molecular flexibility index (Phi) is 2.23. The van der Waals surface area contributed by atoms with Gasteiger partial charge < -0.3 is 9.47 Å². The number of halogens is 1. The largest absolute Gasteiger partial charge is 0.347 e. The number of carbonyl (C=O) groups excluding carboxylic acids is 1. The molecule has 0 N–H and O–H groups in total. The van der Waals surface area contributed by atoms with Gasteiger partial charge in [0.15, 0.2) is 5.79 Å². The van der Waals surface area contributed by atoms with Gasteiger partial charge in [-0.25, -0.2) is 0 Å². The number of hydrogen-bond acceptors (Lipinski definition) is 3. The molecule has 4 heteroatoms. The van der Waals surface area contributed by atoms with Crippen LogP contribution in [-0.4, -0.2) is 29.6 Å². The number of ether oxygens (including phenoxy) is 2. The molecule has 2 fully saturated rings. The van der Waals surface area contributed by atoms with Crippen molar-refractivity contribution in [1.82, 2.24) is 0 Å². The number of hydrogen-bond donors (Lipinski definition) is 0. The molecule has 1 aliphatic carbocycles. The number of carbonyl (C=O) groups is 1. The molecule has 0 radical (unpaired) electrons. The number of alkyl halides is 1. The maximum Gasteiger partial charge on any atom is 0.170 e. The van der Waals surface area contributed by atoms with Crippen LogP contribution in [-0.2, 0) is 14.3 Å². The van der Waals surface area contributed by atoms with Gasteiger partial charge in [-0.05, 0) is 0 Å². The third kappa shape index (κ3) is 1.43. The smallest absolute Gasteiger partial charge is 0.170 e. The summed E-state index contributed by atoms with van der Waals surface area (Å²) in [7, 11) is 0. The van der Waals surface area contributed by atoms with Gasteiger partial charge in [-0.15, -0.1) is 0 Å². The Morgan fingerprint density at radius 2 is 2.08 bits per heavy atom. The summed E-state index contributed by atoms with van der Waals surface area (Å²) in [6.45, 7) is 1.32. The summed E-state index contributed by atoms with van der Waals surface area (Å²) < 4.78 is 11.0. The quantitative estimate of drug-likeness (QED) is 0.592. The third-order valence-corrected chi connectivity index (χ3v) is 3.24. The van der Waals surface area contributed by atoms with Crippen LogP contribution < -0.4 is 0 Å². The Morgan fingerprint density at radius 3 is 2.67 bits per heavy atom. The SMILES string of the molecule is O=C1CCC2(C[C@@H]1Br)OCCO2. The summed E-state index contributed by atoms with van der Waals surface area (Å²) in [5.74, 6) is -0.179. The standard InChI is InChI=1S/C8H11BrO3/c9-6-5-8(2-1-7(6)10)11-3-4-12-8/h6H,1-5H2/t6-/m0/s1. The van der Waals surface area contributed by atoms with E-state index in [1.807, 2.05) is 0 Å². The second-order valence-electron chi connectivity index (χ2n) is 3.25. The lowest BCUT2D eigenvalue weighted by molar-refractivity contribution is -0.178. The molecule has 0 bridgehead atoms. The monoisotopic (exact) mass is 234 g/mol.